The van der Waals surface area contributed by atoms with Crippen molar-refractivity contribution in [2.45, 2.75) is 44.4 Å². The van der Waals surface area contributed by atoms with E-state index in [9.17, 15) is 9.59 Å². The minimum atomic E-state index is -0.140. The van der Waals surface area contributed by atoms with Gasteiger partial charge in [0, 0.05) is 11.1 Å². The number of rotatable bonds is 8. The lowest BCUT2D eigenvalue weighted by Crippen LogP contribution is -2.35. The van der Waals surface area contributed by atoms with Crippen LogP contribution < -0.4 is 10.9 Å². The van der Waals surface area contributed by atoms with Gasteiger partial charge in [0.1, 0.15) is 0 Å². The maximum Gasteiger partial charge on any atom is 0.262 e. The number of aromatic nitrogens is 2. The number of nitrogens with zero attached hydrogens (tertiary/aromatic N) is 2. The summed E-state index contributed by atoms with van der Waals surface area (Å²) in [7, 11) is 0. The van der Waals surface area contributed by atoms with Crippen molar-refractivity contribution in [2.75, 3.05) is 5.75 Å². The Morgan fingerprint density at radius 3 is 2.55 bits per heavy atom. The van der Waals surface area contributed by atoms with Crippen LogP contribution in [-0.4, -0.2) is 27.3 Å². The van der Waals surface area contributed by atoms with Crippen LogP contribution in [0.1, 0.15) is 32.3 Å². The lowest BCUT2D eigenvalue weighted by atomic mass is 10.2. The topological polar surface area (TPSA) is 64.0 Å². The molecular formula is C22H24ClN3O2S. The Morgan fingerprint density at radius 1 is 1.14 bits per heavy atom. The Bertz CT molecular complexity index is 1060. The molecule has 0 unspecified atom stereocenters. The molecule has 0 aliphatic rings. The van der Waals surface area contributed by atoms with Crippen molar-refractivity contribution in [1.82, 2.24) is 14.9 Å². The third-order valence-electron chi connectivity index (χ3n) is 4.80. The molecule has 3 rings (SSSR count). The summed E-state index contributed by atoms with van der Waals surface area (Å²) < 4.78 is 1.60. The van der Waals surface area contributed by atoms with E-state index in [1.165, 1.54) is 11.8 Å². The minimum Gasteiger partial charge on any atom is -0.353 e. The Balaban J connectivity index is 1.93. The first kappa shape index (κ1) is 21.4. The molecule has 3 aromatic rings. The van der Waals surface area contributed by atoms with Crippen molar-refractivity contribution in [3.63, 3.8) is 0 Å². The molecule has 0 radical (unpaired) electrons. The highest BCUT2D eigenvalue weighted by Gasteiger charge is 2.15. The molecule has 0 atom stereocenters. The van der Waals surface area contributed by atoms with Crippen LogP contribution in [0.25, 0.3) is 10.9 Å². The molecule has 0 saturated carbocycles. The molecule has 1 heterocycles. The highest BCUT2D eigenvalue weighted by Crippen LogP contribution is 2.21. The van der Waals surface area contributed by atoms with E-state index in [0.29, 0.717) is 27.6 Å². The lowest BCUT2D eigenvalue weighted by molar-refractivity contribution is -0.119. The SMILES string of the molecule is CCC(CC)NC(=O)CSc1nc2ccccc2c(=O)n1Cc1ccccc1Cl. The van der Waals surface area contributed by atoms with Crippen LogP contribution in [0.2, 0.25) is 5.02 Å². The number of hydrogen-bond donors (Lipinski definition) is 1. The van der Waals surface area contributed by atoms with Crippen LogP contribution in [0.5, 0.6) is 0 Å². The summed E-state index contributed by atoms with van der Waals surface area (Å²) in [6.07, 6.45) is 1.77. The number of amides is 1. The smallest absolute Gasteiger partial charge is 0.262 e. The molecule has 5 nitrogen and oxygen atoms in total. The van der Waals surface area contributed by atoms with Gasteiger partial charge in [0.2, 0.25) is 5.91 Å². The van der Waals surface area contributed by atoms with E-state index in [0.717, 1.165) is 18.4 Å². The fraction of sp³-hybridized carbons (Fsp3) is 0.318. The van der Waals surface area contributed by atoms with Gasteiger partial charge in [0.25, 0.3) is 5.56 Å². The van der Waals surface area contributed by atoms with Crippen molar-refractivity contribution < 1.29 is 4.79 Å². The molecule has 7 heteroatoms. The average molecular weight is 430 g/mol. The third kappa shape index (κ3) is 5.19. The Morgan fingerprint density at radius 2 is 1.83 bits per heavy atom. The zero-order valence-electron chi connectivity index (χ0n) is 16.5. The van der Waals surface area contributed by atoms with Gasteiger partial charge in [-0.1, -0.05) is 67.5 Å². The standard InChI is InChI=1S/C22H24ClN3O2S/c1-3-16(4-2)24-20(27)14-29-22-25-19-12-8-6-10-17(19)21(28)26(22)13-15-9-5-7-11-18(15)23/h5-12,16H,3-4,13-14H2,1-2H3,(H,24,27). The highest BCUT2D eigenvalue weighted by atomic mass is 35.5. The number of benzene rings is 2. The number of hydrogen-bond acceptors (Lipinski definition) is 4. The first-order valence-corrected chi connectivity index (χ1v) is 11.0. The van der Waals surface area contributed by atoms with Crippen LogP contribution >= 0.6 is 23.4 Å². The highest BCUT2D eigenvalue weighted by molar-refractivity contribution is 7.99. The Hall–Kier alpha value is -2.31. The summed E-state index contributed by atoms with van der Waals surface area (Å²) in [6, 6.07) is 14.8. The van der Waals surface area contributed by atoms with E-state index in [1.54, 1.807) is 16.7 Å². The van der Waals surface area contributed by atoms with Crippen molar-refractivity contribution >= 4 is 40.2 Å². The van der Waals surface area contributed by atoms with E-state index < -0.39 is 0 Å². The average Bonchev–Trinajstić information content (AvgIpc) is 2.74. The molecule has 29 heavy (non-hydrogen) atoms. The zero-order valence-corrected chi connectivity index (χ0v) is 18.1. The third-order valence-corrected chi connectivity index (χ3v) is 6.14. The molecule has 0 aliphatic heterocycles. The number of para-hydroxylation sites is 1. The van der Waals surface area contributed by atoms with Gasteiger partial charge in [0.15, 0.2) is 5.16 Å². The monoisotopic (exact) mass is 429 g/mol. The van der Waals surface area contributed by atoms with Gasteiger partial charge in [-0.3, -0.25) is 14.2 Å². The second kappa shape index (κ2) is 9.94. The second-order valence-electron chi connectivity index (χ2n) is 6.76. The number of fused-ring (bicyclic) bond motifs is 1. The number of carbonyl (C=O) groups excluding carboxylic acids is 1. The summed E-state index contributed by atoms with van der Waals surface area (Å²) in [5, 5.41) is 4.67. The summed E-state index contributed by atoms with van der Waals surface area (Å²) in [5.74, 6) is 0.138. The predicted molar refractivity (Wildman–Crippen MR) is 120 cm³/mol. The fourth-order valence-corrected chi connectivity index (χ4v) is 4.09. The Labute approximate surface area is 179 Å². The maximum atomic E-state index is 13.1. The Kier molecular flexibility index (Phi) is 7.34. The van der Waals surface area contributed by atoms with E-state index in [1.807, 2.05) is 50.2 Å². The van der Waals surface area contributed by atoms with Crippen molar-refractivity contribution in [1.29, 1.82) is 0 Å². The molecule has 0 saturated heterocycles. The molecule has 0 spiro atoms. The molecular weight excluding hydrogens is 406 g/mol. The number of thioether (sulfide) groups is 1. The van der Waals surface area contributed by atoms with E-state index >= 15 is 0 Å². The van der Waals surface area contributed by atoms with Crippen LogP contribution in [0.15, 0.2) is 58.5 Å². The van der Waals surface area contributed by atoms with Gasteiger partial charge in [-0.05, 0) is 36.6 Å². The van der Waals surface area contributed by atoms with Gasteiger partial charge >= 0.3 is 0 Å². The van der Waals surface area contributed by atoms with Gasteiger partial charge < -0.3 is 5.32 Å². The van der Waals surface area contributed by atoms with Gasteiger partial charge in [-0.25, -0.2) is 4.98 Å². The van der Waals surface area contributed by atoms with Gasteiger partial charge in [-0.15, -0.1) is 0 Å². The normalized spacial score (nSPS) is 11.2. The van der Waals surface area contributed by atoms with Crippen molar-refractivity contribution in [3.05, 3.63) is 69.5 Å². The zero-order chi connectivity index (χ0) is 20.8. The number of halogens is 1. The number of nitrogens with one attached hydrogen (secondary N) is 1. The summed E-state index contributed by atoms with van der Waals surface area (Å²) in [6.45, 7) is 4.40. The lowest BCUT2D eigenvalue weighted by Gasteiger charge is -2.16. The van der Waals surface area contributed by atoms with Crippen LogP contribution in [0, 0.1) is 0 Å². The number of carbonyl (C=O) groups is 1. The van der Waals surface area contributed by atoms with E-state index in [2.05, 4.69) is 10.3 Å². The van der Waals surface area contributed by atoms with Crippen LogP contribution in [-0.2, 0) is 11.3 Å². The summed E-state index contributed by atoms with van der Waals surface area (Å²) in [4.78, 5) is 30.2. The maximum absolute atomic E-state index is 13.1. The van der Waals surface area contributed by atoms with Crippen LogP contribution in [0.4, 0.5) is 0 Å². The van der Waals surface area contributed by atoms with E-state index in [4.69, 9.17) is 11.6 Å². The van der Waals surface area contributed by atoms with Crippen molar-refractivity contribution in [3.8, 4) is 0 Å². The van der Waals surface area contributed by atoms with Crippen LogP contribution in [0.3, 0.4) is 0 Å². The molecule has 0 aliphatic carbocycles. The molecule has 1 N–H and O–H groups in total. The molecule has 0 bridgehead atoms. The quantitative estimate of drug-likeness (QED) is 0.423. The summed E-state index contributed by atoms with van der Waals surface area (Å²) in [5.41, 5.74) is 1.31. The second-order valence-corrected chi connectivity index (χ2v) is 8.11. The molecule has 1 amide bonds. The van der Waals surface area contributed by atoms with Crippen molar-refractivity contribution in [2.24, 2.45) is 0 Å². The van der Waals surface area contributed by atoms with Gasteiger partial charge in [-0.2, -0.15) is 0 Å². The molecule has 0 fully saturated rings. The largest absolute Gasteiger partial charge is 0.353 e. The molecule has 2 aromatic carbocycles. The first-order chi connectivity index (χ1) is 14.0. The summed E-state index contributed by atoms with van der Waals surface area (Å²) >= 11 is 7.58. The van der Waals surface area contributed by atoms with Gasteiger partial charge in [0.05, 0.1) is 23.2 Å². The predicted octanol–water partition coefficient (Wildman–Crippen LogP) is 4.50. The van der Waals surface area contributed by atoms with E-state index in [-0.39, 0.29) is 23.3 Å². The minimum absolute atomic E-state index is 0.0598. The molecule has 152 valence electrons. The fourth-order valence-electron chi connectivity index (χ4n) is 3.09. The molecule has 1 aromatic heterocycles. The first-order valence-electron chi connectivity index (χ1n) is 9.68.